The maximum atomic E-state index is 12.4. The van der Waals surface area contributed by atoms with Crippen LogP contribution in [0.5, 0.6) is 0 Å². The molecule has 1 fully saturated rings. The number of hydrogen-bond donors (Lipinski definition) is 0. The van der Waals surface area contributed by atoms with Gasteiger partial charge in [-0.05, 0) is 43.9 Å². The van der Waals surface area contributed by atoms with Crippen molar-refractivity contribution in [2.24, 2.45) is 7.05 Å². The van der Waals surface area contributed by atoms with Crippen LogP contribution in [-0.4, -0.2) is 25.7 Å². The Bertz CT molecular complexity index is 1020. The molecular formula is C20H23N5OS2. The Morgan fingerprint density at radius 3 is 2.82 bits per heavy atom. The van der Waals surface area contributed by atoms with E-state index in [4.69, 9.17) is 4.98 Å². The quantitative estimate of drug-likeness (QED) is 0.546. The lowest BCUT2D eigenvalue weighted by molar-refractivity contribution is -0.115. The van der Waals surface area contributed by atoms with Crippen molar-refractivity contribution in [1.82, 2.24) is 19.7 Å². The molecule has 2 aromatic heterocycles. The summed E-state index contributed by atoms with van der Waals surface area (Å²) in [4.78, 5) is 18.8. The van der Waals surface area contributed by atoms with Crippen LogP contribution in [0.4, 0.5) is 10.8 Å². The molecule has 6 nitrogen and oxygen atoms in total. The first-order valence-corrected chi connectivity index (χ1v) is 11.2. The van der Waals surface area contributed by atoms with Gasteiger partial charge in [-0.15, -0.1) is 21.5 Å². The van der Waals surface area contributed by atoms with Gasteiger partial charge in [0.05, 0.1) is 11.4 Å². The van der Waals surface area contributed by atoms with Crippen molar-refractivity contribution < 1.29 is 4.79 Å². The molecule has 3 aromatic rings. The highest BCUT2D eigenvalue weighted by atomic mass is 32.2. The Balaban J connectivity index is 1.52. The third kappa shape index (κ3) is 3.71. The number of nitrogens with zero attached hydrogens (tertiary/aromatic N) is 5. The zero-order valence-electron chi connectivity index (χ0n) is 16.5. The van der Waals surface area contributed by atoms with Crippen LogP contribution in [0.3, 0.4) is 0 Å². The fourth-order valence-electron chi connectivity index (χ4n) is 3.14. The van der Waals surface area contributed by atoms with Crippen LogP contribution in [0, 0.1) is 13.8 Å². The molecule has 0 atom stereocenters. The van der Waals surface area contributed by atoms with Gasteiger partial charge in [0, 0.05) is 31.0 Å². The van der Waals surface area contributed by atoms with Crippen molar-refractivity contribution >= 4 is 39.8 Å². The minimum absolute atomic E-state index is 0.0374. The Kier molecular flexibility index (Phi) is 5.25. The second kappa shape index (κ2) is 7.67. The Hall–Kier alpha value is -2.19. The molecule has 28 heavy (non-hydrogen) atoms. The highest BCUT2D eigenvalue weighted by Gasteiger charge is 2.29. The molecule has 1 aromatic carbocycles. The van der Waals surface area contributed by atoms with Gasteiger partial charge in [0.25, 0.3) is 0 Å². The van der Waals surface area contributed by atoms with Gasteiger partial charge >= 0.3 is 0 Å². The topological polar surface area (TPSA) is 63.9 Å². The van der Waals surface area contributed by atoms with Crippen LogP contribution in [0.15, 0.2) is 28.7 Å². The molecule has 0 unspecified atom stereocenters. The molecule has 146 valence electrons. The first-order chi connectivity index (χ1) is 13.5. The summed E-state index contributed by atoms with van der Waals surface area (Å²) in [5, 5.41) is 12.3. The first-order valence-electron chi connectivity index (χ1n) is 9.29. The summed E-state index contributed by atoms with van der Waals surface area (Å²) >= 11 is 3.12. The SMILES string of the molecule is CC(=O)N(c1nc(CSc2nnc(C3CC3)n2C)cs1)c1cccc(C)c1C. The molecule has 0 spiro atoms. The molecular weight excluding hydrogens is 390 g/mol. The highest BCUT2D eigenvalue weighted by Crippen LogP contribution is 2.40. The van der Waals surface area contributed by atoms with Crippen LogP contribution < -0.4 is 4.90 Å². The number of anilines is 2. The molecule has 1 amide bonds. The van der Waals surface area contributed by atoms with Crippen molar-refractivity contribution in [3.8, 4) is 0 Å². The standard InChI is InChI=1S/C20H23N5OS2/c1-12-6-5-7-17(13(12)2)25(14(3)26)19-21-16(10-27-19)11-28-20-23-22-18(24(20)4)15-8-9-15/h5-7,10,15H,8-9,11H2,1-4H3. The fraction of sp³-hybridized carbons (Fsp3) is 0.400. The summed E-state index contributed by atoms with van der Waals surface area (Å²) in [6, 6.07) is 6.00. The van der Waals surface area contributed by atoms with Gasteiger partial charge in [-0.1, -0.05) is 23.9 Å². The second-order valence-corrected chi connectivity index (χ2v) is 8.94. The van der Waals surface area contributed by atoms with Gasteiger partial charge in [-0.2, -0.15) is 0 Å². The molecule has 0 aliphatic heterocycles. The van der Waals surface area contributed by atoms with Gasteiger partial charge in [-0.25, -0.2) is 4.98 Å². The van der Waals surface area contributed by atoms with Crippen LogP contribution in [0.2, 0.25) is 0 Å². The lowest BCUT2D eigenvalue weighted by Crippen LogP contribution is -2.23. The van der Waals surface area contributed by atoms with E-state index in [1.165, 1.54) is 24.2 Å². The third-order valence-corrected chi connectivity index (χ3v) is 6.95. The van der Waals surface area contributed by atoms with E-state index in [0.29, 0.717) is 16.8 Å². The zero-order valence-corrected chi connectivity index (χ0v) is 18.1. The molecule has 1 aliphatic rings. The molecule has 0 saturated heterocycles. The average Bonchev–Trinajstić information content (AvgIpc) is 3.28. The summed E-state index contributed by atoms with van der Waals surface area (Å²) in [7, 11) is 2.03. The number of thioether (sulfide) groups is 1. The minimum atomic E-state index is -0.0374. The van der Waals surface area contributed by atoms with E-state index in [9.17, 15) is 4.79 Å². The van der Waals surface area contributed by atoms with Crippen molar-refractivity contribution in [3.63, 3.8) is 0 Å². The Morgan fingerprint density at radius 1 is 1.32 bits per heavy atom. The van der Waals surface area contributed by atoms with E-state index in [0.717, 1.165) is 33.5 Å². The summed E-state index contributed by atoms with van der Waals surface area (Å²) in [6.45, 7) is 5.67. The summed E-state index contributed by atoms with van der Waals surface area (Å²) < 4.78 is 2.09. The monoisotopic (exact) mass is 413 g/mol. The number of benzene rings is 1. The minimum Gasteiger partial charge on any atom is -0.309 e. The number of carbonyl (C=O) groups excluding carboxylic acids is 1. The van der Waals surface area contributed by atoms with E-state index >= 15 is 0 Å². The Morgan fingerprint density at radius 2 is 2.11 bits per heavy atom. The molecule has 2 heterocycles. The summed E-state index contributed by atoms with van der Waals surface area (Å²) in [5.74, 6) is 2.33. The number of amides is 1. The van der Waals surface area contributed by atoms with Gasteiger partial charge in [0.2, 0.25) is 5.91 Å². The van der Waals surface area contributed by atoms with E-state index in [-0.39, 0.29) is 5.91 Å². The summed E-state index contributed by atoms with van der Waals surface area (Å²) in [6.07, 6.45) is 2.43. The molecule has 0 radical (unpaired) electrons. The van der Waals surface area contributed by atoms with Crippen LogP contribution in [0.1, 0.15) is 48.3 Å². The molecule has 0 bridgehead atoms. The normalized spacial score (nSPS) is 13.7. The predicted molar refractivity (Wildman–Crippen MR) is 113 cm³/mol. The number of hydrogen-bond acceptors (Lipinski definition) is 6. The maximum Gasteiger partial charge on any atom is 0.230 e. The van der Waals surface area contributed by atoms with Gasteiger partial charge in [0.15, 0.2) is 10.3 Å². The van der Waals surface area contributed by atoms with Crippen LogP contribution in [-0.2, 0) is 17.6 Å². The Labute approximate surface area is 173 Å². The smallest absolute Gasteiger partial charge is 0.230 e. The third-order valence-electron chi connectivity index (χ3n) is 5.02. The molecule has 4 rings (SSSR count). The zero-order chi connectivity index (χ0) is 19.8. The molecule has 1 aliphatic carbocycles. The number of aromatic nitrogens is 4. The van der Waals surface area contributed by atoms with Crippen LogP contribution >= 0.6 is 23.1 Å². The average molecular weight is 414 g/mol. The van der Waals surface area contributed by atoms with Gasteiger partial charge in [-0.3, -0.25) is 9.69 Å². The van der Waals surface area contributed by atoms with E-state index in [2.05, 4.69) is 27.8 Å². The maximum absolute atomic E-state index is 12.4. The largest absolute Gasteiger partial charge is 0.309 e. The lowest BCUT2D eigenvalue weighted by atomic mass is 10.1. The molecule has 8 heteroatoms. The van der Waals surface area contributed by atoms with Crippen molar-refractivity contribution in [2.45, 2.75) is 50.4 Å². The number of rotatable bonds is 6. The first kappa shape index (κ1) is 19.1. The van der Waals surface area contributed by atoms with Crippen molar-refractivity contribution in [1.29, 1.82) is 0 Å². The number of thiazole rings is 1. The number of aryl methyl sites for hydroxylation is 1. The fourth-order valence-corrected chi connectivity index (χ4v) is 4.93. The molecule has 0 N–H and O–H groups in total. The van der Waals surface area contributed by atoms with Gasteiger partial charge in [0.1, 0.15) is 5.82 Å². The van der Waals surface area contributed by atoms with Gasteiger partial charge < -0.3 is 4.57 Å². The van der Waals surface area contributed by atoms with E-state index in [1.54, 1.807) is 23.6 Å². The molecule has 1 saturated carbocycles. The second-order valence-electron chi connectivity index (χ2n) is 7.16. The number of carbonyl (C=O) groups is 1. The van der Waals surface area contributed by atoms with Crippen LogP contribution in [0.25, 0.3) is 0 Å². The lowest BCUT2D eigenvalue weighted by Gasteiger charge is -2.21. The van der Waals surface area contributed by atoms with E-state index in [1.807, 2.05) is 31.5 Å². The van der Waals surface area contributed by atoms with Crippen molar-refractivity contribution in [2.75, 3.05) is 4.90 Å². The predicted octanol–water partition coefficient (Wildman–Crippen LogP) is 4.74. The van der Waals surface area contributed by atoms with Crippen molar-refractivity contribution in [3.05, 3.63) is 46.2 Å². The summed E-state index contributed by atoms with van der Waals surface area (Å²) in [5.41, 5.74) is 4.08. The van der Waals surface area contributed by atoms with E-state index < -0.39 is 0 Å². The highest BCUT2D eigenvalue weighted by molar-refractivity contribution is 7.98.